The standard InChI is InChI=1S/C7H14O2/c1-6-5-9-4-2-3-7(6)8/h6-8H,2-5H2,1H3. The van der Waals surface area contributed by atoms with Gasteiger partial charge in [-0.05, 0) is 12.8 Å². The van der Waals surface area contributed by atoms with Gasteiger partial charge in [0.25, 0.3) is 0 Å². The van der Waals surface area contributed by atoms with Gasteiger partial charge in [0, 0.05) is 12.5 Å². The summed E-state index contributed by atoms with van der Waals surface area (Å²) >= 11 is 0. The Balaban J connectivity index is 2.32. The summed E-state index contributed by atoms with van der Waals surface area (Å²) in [6, 6.07) is 0. The average Bonchev–Trinajstić information content (AvgIpc) is 1.99. The van der Waals surface area contributed by atoms with Crippen LogP contribution in [0.15, 0.2) is 0 Å². The van der Waals surface area contributed by atoms with Crippen LogP contribution < -0.4 is 0 Å². The van der Waals surface area contributed by atoms with Crippen molar-refractivity contribution in [2.75, 3.05) is 13.2 Å². The topological polar surface area (TPSA) is 29.5 Å². The van der Waals surface area contributed by atoms with Gasteiger partial charge in [-0.2, -0.15) is 0 Å². The molecule has 2 unspecified atom stereocenters. The van der Waals surface area contributed by atoms with Crippen molar-refractivity contribution in [1.82, 2.24) is 0 Å². The zero-order valence-corrected chi connectivity index (χ0v) is 5.84. The predicted molar refractivity (Wildman–Crippen MR) is 35.2 cm³/mol. The van der Waals surface area contributed by atoms with Crippen LogP contribution in [0.1, 0.15) is 19.8 Å². The Bertz CT molecular complexity index is 73.0. The zero-order valence-electron chi connectivity index (χ0n) is 5.84. The molecule has 2 heteroatoms. The third-order valence-corrected chi connectivity index (χ3v) is 1.83. The molecule has 0 spiro atoms. The van der Waals surface area contributed by atoms with Gasteiger partial charge in [0.2, 0.25) is 0 Å². The van der Waals surface area contributed by atoms with E-state index < -0.39 is 0 Å². The van der Waals surface area contributed by atoms with Crippen LogP contribution in [0.5, 0.6) is 0 Å². The van der Waals surface area contributed by atoms with Crippen LogP contribution in [0, 0.1) is 5.92 Å². The van der Waals surface area contributed by atoms with Crippen LogP contribution in [0.2, 0.25) is 0 Å². The van der Waals surface area contributed by atoms with Gasteiger partial charge < -0.3 is 9.84 Å². The molecule has 1 N–H and O–H groups in total. The molecule has 0 aliphatic carbocycles. The van der Waals surface area contributed by atoms with Crippen LogP contribution in [0.4, 0.5) is 0 Å². The lowest BCUT2D eigenvalue weighted by molar-refractivity contribution is 0.0678. The molecule has 1 aliphatic heterocycles. The van der Waals surface area contributed by atoms with Crippen LogP contribution in [0.3, 0.4) is 0 Å². The van der Waals surface area contributed by atoms with Gasteiger partial charge in [-0.25, -0.2) is 0 Å². The fourth-order valence-electron chi connectivity index (χ4n) is 1.06. The minimum absolute atomic E-state index is 0.132. The summed E-state index contributed by atoms with van der Waals surface area (Å²) in [5.74, 6) is 0.326. The SMILES string of the molecule is CC1COCCCC1O. The van der Waals surface area contributed by atoms with E-state index in [1.54, 1.807) is 0 Å². The van der Waals surface area contributed by atoms with Gasteiger partial charge in [0.05, 0.1) is 12.7 Å². The fraction of sp³-hybridized carbons (Fsp3) is 1.00. The predicted octanol–water partition coefficient (Wildman–Crippen LogP) is 0.794. The van der Waals surface area contributed by atoms with Crippen molar-refractivity contribution < 1.29 is 9.84 Å². The van der Waals surface area contributed by atoms with Crippen LogP contribution in [-0.4, -0.2) is 24.4 Å². The van der Waals surface area contributed by atoms with Crippen LogP contribution in [0.25, 0.3) is 0 Å². The minimum atomic E-state index is -0.132. The van der Waals surface area contributed by atoms with Gasteiger partial charge >= 0.3 is 0 Å². The number of hydrogen-bond donors (Lipinski definition) is 1. The summed E-state index contributed by atoms with van der Waals surface area (Å²) in [6.07, 6.45) is 1.78. The summed E-state index contributed by atoms with van der Waals surface area (Å²) in [5, 5.41) is 9.28. The van der Waals surface area contributed by atoms with Gasteiger partial charge in [-0.15, -0.1) is 0 Å². The van der Waals surface area contributed by atoms with Crippen LogP contribution in [-0.2, 0) is 4.74 Å². The van der Waals surface area contributed by atoms with Crippen molar-refractivity contribution in [3.63, 3.8) is 0 Å². The molecule has 1 saturated heterocycles. The lowest BCUT2D eigenvalue weighted by Gasteiger charge is -2.12. The Morgan fingerprint density at radius 1 is 1.56 bits per heavy atom. The van der Waals surface area contributed by atoms with E-state index >= 15 is 0 Å². The number of ether oxygens (including phenoxy) is 1. The Morgan fingerprint density at radius 3 is 3.11 bits per heavy atom. The lowest BCUT2D eigenvalue weighted by Crippen LogP contribution is -2.18. The lowest BCUT2D eigenvalue weighted by atomic mass is 10.0. The van der Waals surface area contributed by atoms with Gasteiger partial charge in [-0.3, -0.25) is 0 Å². The van der Waals surface area contributed by atoms with Gasteiger partial charge in [-0.1, -0.05) is 6.92 Å². The van der Waals surface area contributed by atoms with Crippen molar-refractivity contribution in [3.8, 4) is 0 Å². The van der Waals surface area contributed by atoms with Crippen molar-refractivity contribution in [1.29, 1.82) is 0 Å². The van der Waals surface area contributed by atoms with E-state index in [2.05, 4.69) is 0 Å². The first-order valence-electron chi connectivity index (χ1n) is 3.56. The quantitative estimate of drug-likeness (QED) is 0.525. The molecular weight excluding hydrogens is 116 g/mol. The summed E-state index contributed by atoms with van der Waals surface area (Å²) in [6.45, 7) is 3.57. The molecule has 0 bridgehead atoms. The molecule has 2 atom stereocenters. The first-order chi connectivity index (χ1) is 4.30. The molecule has 54 valence electrons. The Hall–Kier alpha value is -0.0800. The Labute approximate surface area is 55.8 Å². The van der Waals surface area contributed by atoms with Crippen LogP contribution >= 0.6 is 0 Å². The van der Waals surface area contributed by atoms with E-state index in [-0.39, 0.29) is 6.10 Å². The van der Waals surface area contributed by atoms with E-state index in [1.165, 1.54) is 0 Å². The average molecular weight is 130 g/mol. The third kappa shape index (κ3) is 1.95. The number of aliphatic hydroxyl groups is 1. The second-order valence-corrected chi connectivity index (χ2v) is 2.76. The van der Waals surface area contributed by atoms with E-state index in [1.807, 2.05) is 6.92 Å². The summed E-state index contributed by atoms with van der Waals surface area (Å²) in [7, 11) is 0. The molecule has 1 rings (SSSR count). The molecule has 0 aromatic heterocycles. The first kappa shape index (κ1) is 7.03. The third-order valence-electron chi connectivity index (χ3n) is 1.83. The molecule has 0 aromatic rings. The number of aliphatic hydroxyl groups excluding tert-OH is 1. The highest BCUT2D eigenvalue weighted by molar-refractivity contribution is 4.66. The maximum Gasteiger partial charge on any atom is 0.0588 e. The van der Waals surface area contributed by atoms with E-state index in [0.29, 0.717) is 5.92 Å². The summed E-state index contributed by atoms with van der Waals surface area (Å²) in [4.78, 5) is 0. The summed E-state index contributed by atoms with van der Waals surface area (Å²) in [5.41, 5.74) is 0. The Kier molecular flexibility index (Phi) is 2.49. The smallest absolute Gasteiger partial charge is 0.0588 e. The first-order valence-corrected chi connectivity index (χ1v) is 3.56. The highest BCUT2D eigenvalue weighted by Crippen LogP contribution is 2.13. The Morgan fingerprint density at radius 2 is 2.33 bits per heavy atom. The number of hydrogen-bond acceptors (Lipinski definition) is 2. The molecule has 0 aromatic carbocycles. The zero-order chi connectivity index (χ0) is 6.69. The summed E-state index contributed by atoms with van der Waals surface area (Å²) < 4.78 is 5.22. The molecule has 1 fully saturated rings. The second kappa shape index (κ2) is 3.18. The van der Waals surface area contributed by atoms with E-state index in [4.69, 9.17) is 4.74 Å². The molecular formula is C7H14O2. The largest absolute Gasteiger partial charge is 0.393 e. The van der Waals surface area contributed by atoms with Crippen molar-refractivity contribution in [2.24, 2.45) is 5.92 Å². The normalized spacial score (nSPS) is 38.0. The molecule has 0 amide bonds. The fourth-order valence-corrected chi connectivity index (χ4v) is 1.06. The van der Waals surface area contributed by atoms with Crippen molar-refractivity contribution >= 4 is 0 Å². The van der Waals surface area contributed by atoms with Crippen molar-refractivity contribution in [3.05, 3.63) is 0 Å². The van der Waals surface area contributed by atoms with E-state index in [9.17, 15) is 5.11 Å². The monoisotopic (exact) mass is 130 g/mol. The highest BCUT2D eigenvalue weighted by Gasteiger charge is 2.16. The van der Waals surface area contributed by atoms with E-state index in [0.717, 1.165) is 26.1 Å². The maximum atomic E-state index is 9.28. The molecule has 2 nitrogen and oxygen atoms in total. The molecule has 9 heavy (non-hydrogen) atoms. The molecule has 1 aliphatic rings. The second-order valence-electron chi connectivity index (χ2n) is 2.76. The molecule has 0 radical (unpaired) electrons. The number of rotatable bonds is 0. The minimum Gasteiger partial charge on any atom is -0.393 e. The maximum absolute atomic E-state index is 9.28. The van der Waals surface area contributed by atoms with Gasteiger partial charge in [0.1, 0.15) is 0 Å². The molecule has 0 saturated carbocycles. The highest BCUT2D eigenvalue weighted by atomic mass is 16.5. The van der Waals surface area contributed by atoms with Crippen molar-refractivity contribution in [2.45, 2.75) is 25.9 Å². The molecule has 1 heterocycles. The van der Waals surface area contributed by atoms with Gasteiger partial charge in [0.15, 0.2) is 0 Å².